The Hall–Kier alpha value is -3.48. The molecule has 0 saturated heterocycles. The fourth-order valence-electron chi connectivity index (χ4n) is 4.89. The lowest BCUT2D eigenvalue weighted by atomic mass is 9.84. The Morgan fingerprint density at radius 2 is 1.65 bits per heavy atom. The predicted octanol–water partition coefficient (Wildman–Crippen LogP) is 7.76. The van der Waals surface area contributed by atoms with Crippen LogP contribution in [-0.4, -0.2) is 29.8 Å². The number of hydrogen-bond acceptors (Lipinski definition) is 3. The third-order valence-corrected chi connectivity index (χ3v) is 7.09. The van der Waals surface area contributed by atoms with Crippen molar-refractivity contribution >= 4 is 34.0 Å². The molecule has 5 rings (SSSR count). The summed E-state index contributed by atoms with van der Waals surface area (Å²) in [7, 11) is 0. The zero-order chi connectivity index (χ0) is 29.3. The predicted molar refractivity (Wildman–Crippen MR) is 126 cm³/mol. The minimum Gasteiger partial charge on any atom is -0.374 e. The number of carbonyl (C=O) groups is 1. The van der Waals surface area contributed by atoms with Gasteiger partial charge in [-0.3, -0.25) is 4.79 Å². The van der Waals surface area contributed by atoms with E-state index in [1.165, 1.54) is 36.4 Å². The molecular formula is C26H16ClF9N2O2. The van der Waals surface area contributed by atoms with E-state index in [1.807, 2.05) is 0 Å². The summed E-state index contributed by atoms with van der Waals surface area (Å²) in [6, 6.07) is 8.30. The monoisotopic (exact) mass is 594 g/mol. The van der Waals surface area contributed by atoms with E-state index in [-0.39, 0.29) is 33.7 Å². The van der Waals surface area contributed by atoms with Crippen LogP contribution >= 0.6 is 11.6 Å². The molecule has 1 atom stereocenters. The summed E-state index contributed by atoms with van der Waals surface area (Å²) in [6.07, 6.45) is -13.1. The lowest BCUT2D eigenvalue weighted by molar-refractivity contribution is -0.277. The van der Waals surface area contributed by atoms with Crippen molar-refractivity contribution in [1.82, 2.24) is 5.32 Å². The molecule has 1 heterocycles. The van der Waals surface area contributed by atoms with Gasteiger partial charge in [0.05, 0.1) is 17.7 Å². The van der Waals surface area contributed by atoms with Crippen molar-refractivity contribution < 1.29 is 49.1 Å². The van der Waals surface area contributed by atoms with E-state index >= 15 is 0 Å². The average Bonchev–Trinajstić information content (AvgIpc) is 3.29. The number of alkyl halides is 8. The Balaban J connectivity index is 1.54. The number of nitrogens with one attached hydrogen (secondary N) is 1. The van der Waals surface area contributed by atoms with Crippen molar-refractivity contribution in [3.63, 3.8) is 0 Å². The molecule has 0 unspecified atom stereocenters. The molecule has 212 valence electrons. The SMILES string of the molecule is O=C(NC1CC(F)(F)C1)c1ccc(C2=NO[C@@](c3cc(Cl)cc(C(F)(F)F)c3F)(C(F)(F)F)C2)c2ccccc12. The van der Waals surface area contributed by atoms with Crippen LogP contribution in [0.15, 0.2) is 53.7 Å². The fourth-order valence-corrected chi connectivity index (χ4v) is 5.11. The molecular weight excluding hydrogens is 579 g/mol. The maximum Gasteiger partial charge on any atom is 0.435 e. The summed E-state index contributed by atoms with van der Waals surface area (Å²) in [6.45, 7) is 0. The second-order valence-corrected chi connectivity index (χ2v) is 10.0. The molecule has 3 aromatic rings. The van der Waals surface area contributed by atoms with Gasteiger partial charge in [-0.15, -0.1) is 0 Å². The third-order valence-electron chi connectivity index (χ3n) is 6.87. The van der Waals surface area contributed by atoms with Crippen LogP contribution in [0.25, 0.3) is 10.8 Å². The van der Waals surface area contributed by atoms with Gasteiger partial charge in [0.15, 0.2) is 0 Å². The highest BCUT2D eigenvalue weighted by atomic mass is 35.5. The van der Waals surface area contributed by atoms with Gasteiger partial charge in [-0.2, -0.15) is 26.3 Å². The number of halogens is 10. The van der Waals surface area contributed by atoms with Crippen molar-refractivity contribution in [2.45, 2.75) is 49.2 Å². The minimum absolute atomic E-state index is 0.0342. The lowest BCUT2D eigenvalue weighted by Crippen LogP contribution is -2.50. The van der Waals surface area contributed by atoms with Crippen LogP contribution in [0.1, 0.15) is 46.3 Å². The molecule has 40 heavy (non-hydrogen) atoms. The maximum absolute atomic E-state index is 15.0. The summed E-state index contributed by atoms with van der Waals surface area (Å²) in [5.41, 5.74) is -7.42. The molecule has 1 saturated carbocycles. The molecule has 2 aliphatic rings. The van der Waals surface area contributed by atoms with Gasteiger partial charge in [-0.25, -0.2) is 13.2 Å². The molecule has 1 aliphatic carbocycles. The molecule has 4 nitrogen and oxygen atoms in total. The molecule has 1 aliphatic heterocycles. The van der Waals surface area contributed by atoms with Gasteiger partial charge >= 0.3 is 12.4 Å². The van der Waals surface area contributed by atoms with Gasteiger partial charge in [-0.05, 0) is 29.0 Å². The first kappa shape index (κ1) is 28.1. The van der Waals surface area contributed by atoms with E-state index in [0.717, 1.165) is 0 Å². The Labute approximate surface area is 224 Å². The molecule has 14 heteroatoms. The molecule has 0 bridgehead atoms. The second-order valence-electron chi connectivity index (χ2n) is 9.58. The van der Waals surface area contributed by atoms with Crippen LogP contribution in [0.5, 0.6) is 0 Å². The Bertz CT molecular complexity index is 1540. The van der Waals surface area contributed by atoms with Crippen LogP contribution in [0, 0.1) is 5.82 Å². The van der Waals surface area contributed by atoms with Gasteiger partial charge in [-0.1, -0.05) is 47.1 Å². The zero-order valence-corrected chi connectivity index (χ0v) is 20.6. The first-order chi connectivity index (χ1) is 18.5. The van der Waals surface area contributed by atoms with Crippen LogP contribution in [-0.2, 0) is 16.6 Å². The van der Waals surface area contributed by atoms with Gasteiger partial charge in [0.25, 0.3) is 17.4 Å². The Morgan fingerprint density at radius 1 is 1.00 bits per heavy atom. The Kier molecular flexibility index (Phi) is 6.51. The number of nitrogens with zero attached hydrogens (tertiary/aromatic N) is 1. The largest absolute Gasteiger partial charge is 0.435 e. The number of hydrogen-bond donors (Lipinski definition) is 1. The van der Waals surface area contributed by atoms with E-state index in [0.29, 0.717) is 6.07 Å². The highest BCUT2D eigenvalue weighted by molar-refractivity contribution is 6.30. The van der Waals surface area contributed by atoms with E-state index < -0.39 is 77.1 Å². The zero-order valence-electron chi connectivity index (χ0n) is 19.9. The molecule has 3 aromatic carbocycles. The average molecular weight is 595 g/mol. The van der Waals surface area contributed by atoms with Crippen molar-refractivity contribution in [2.24, 2.45) is 5.16 Å². The highest BCUT2D eigenvalue weighted by Crippen LogP contribution is 2.52. The van der Waals surface area contributed by atoms with Gasteiger partial charge in [0.1, 0.15) is 5.82 Å². The quantitative estimate of drug-likeness (QED) is 0.314. The summed E-state index contributed by atoms with van der Waals surface area (Å²) >= 11 is 5.66. The van der Waals surface area contributed by atoms with Crippen LogP contribution < -0.4 is 5.32 Å². The summed E-state index contributed by atoms with van der Waals surface area (Å²) in [5, 5.41) is 5.64. The van der Waals surface area contributed by atoms with E-state index in [9.17, 15) is 44.3 Å². The van der Waals surface area contributed by atoms with Crippen LogP contribution in [0.4, 0.5) is 39.5 Å². The van der Waals surface area contributed by atoms with Crippen molar-refractivity contribution in [2.75, 3.05) is 0 Å². The number of oxime groups is 1. The van der Waals surface area contributed by atoms with Crippen molar-refractivity contribution in [3.8, 4) is 0 Å². The standard InChI is InChI=1S/C26H16ClF9N2O2/c27-12-7-18(21(28)19(8-12)25(31,32)33)24(26(34,35)36)11-20(38-40-24)16-5-6-17(15-4-2-1-3-14(15)16)22(39)37-13-9-23(29,30)10-13/h1-8,13H,9-11H2,(H,37,39)/t24-/m0/s1. The molecule has 0 aromatic heterocycles. The van der Waals surface area contributed by atoms with E-state index in [2.05, 4.69) is 10.5 Å². The first-order valence-corrected chi connectivity index (χ1v) is 12.0. The maximum atomic E-state index is 15.0. The summed E-state index contributed by atoms with van der Waals surface area (Å²) < 4.78 is 125. The van der Waals surface area contributed by atoms with E-state index in [1.54, 1.807) is 0 Å². The normalized spacial score (nSPS) is 21.1. The second kappa shape index (κ2) is 9.28. The minimum atomic E-state index is -5.44. The Morgan fingerprint density at radius 3 is 2.25 bits per heavy atom. The number of amides is 1. The molecule has 1 N–H and O–H groups in total. The number of carbonyl (C=O) groups excluding carboxylic acids is 1. The highest BCUT2D eigenvalue weighted by Gasteiger charge is 2.64. The van der Waals surface area contributed by atoms with Crippen LogP contribution in [0.3, 0.4) is 0 Å². The van der Waals surface area contributed by atoms with Gasteiger partial charge < -0.3 is 10.2 Å². The molecule has 0 radical (unpaired) electrons. The molecule has 1 amide bonds. The third kappa shape index (κ3) is 4.73. The van der Waals surface area contributed by atoms with Crippen molar-refractivity contribution in [1.29, 1.82) is 0 Å². The number of fused-ring (bicyclic) bond motifs is 1. The summed E-state index contributed by atoms with van der Waals surface area (Å²) in [5.74, 6) is -5.76. The van der Waals surface area contributed by atoms with Crippen molar-refractivity contribution in [3.05, 3.63) is 81.6 Å². The fraction of sp³-hybridized carbons (Fsp3) is 0.308. The number of rotatable bonds is 4. The van der Waals surface area contributed by atoms with E-state index in [4.69, 9.17) is 16.4 Å². The smallest absolute Gasteiger partial charge is 0.374 e. The van der Waals surface area contributed by atoms with Crippen LogP contribution in [0.2, 0.25) is 5.02 Å². The van der Waals surface area contributed by atoms with Gasteiger partial charge in [0, 0.05) is 40.6 Å². The lowest BCUT2D eigenvalue weighted by Gasteiger charge is -2.35. The topological polar surface area (TPSA) is 50.7 Å². The number of benzene rings is 3. The first-order valence-electron chi connectivity index (χ1n) is 11.6. The molecule has 1 fully saturated rings. The molecule has 0 spiro atoms. The van der Waals surface area contributed by atoms with Gasteiger partial charge in [0.2, 0.25) is 0 Å². The summed E-state index contributed by atoms with van der Waals surface area (Å²) in [4.78, 5) is 17.5.